The van der Waals surface area contributed by atoms with Crippen LogP contribution >= 0.6 is 0 Å². The van der Waals surface area contributed by atoms with Crippen molar-refractivity contribution in [1.29, 1.82) is 0 Å². The molecular weight excluding hydrogens is 234 g/mol. The van der Waals surface area contributed by atoms with Gasteiger partial charge in [-0.1, -0.05) is 6.08 Å². The van der Waals surface area contributed by atoms with Gasteiger partial charge in [0, 0.05) is 25.7 Å². The lowest BCUT2D eigenvalue weighted by Crippen LogP contribution is -2.41. The molecule has 0 aromatic carbocycles. The van der Waals surface area contributed by atoms with Crippen LogP contribution in [0.5, 0.6) is 0 Å². The molecule has 1 saturated heterocycles. The minimum atomic E-state index is -0.375. The maximum absolute atomic E-state index is 12.2. The second-order valence-electron chi connectivity index (χ2n) is 4.20. The Bertz CT molecular complexity index is 297. The monoisotopic (exact) mass is 255 g/mol. The van der Waals surface area contributed by atoms with Gasteiger partial charge in [-0.25, -0.2) is 0 Å². The summed E-state index contributed by atoms with van der Waals surface area (Å²) < 4.78 is 10.1. The average Bonchev–Trinajstić information content (AvgIpc) is 2.39. The molecule has 0 aromatic heterocycles. The normalized spacial score (nSPS) is 16.1. The maximum atomic E-state index is 12.2. The van der Waals surface area contributed by atoms with Crippen molar-refractivity contribution in [2.45, 2.75) is 19.8 Å². The lowest BCUT2D eigenvalue weighted by molar-refractivity contribution is -0.150. The summed E-state index contributed by atoms with van der Waals surface area (Å²) in [5.74, 6) is -0.431. The van der Waals surface area contributed by atoms with Gasteiger partial charge in [0.2, 0.25) is 5.91 Å². The van der Waals surface area contributed by atoms with Crippen molar-refractivity contribution in [2.24, 2.45) is 5.92 Å². The van der Waals surface area contributed by atoms with Crippen LogP contribution < -0.4 is 0 Å². The number of carbonyl (C=O) groups is 2. The fourth-order valence-electron chi connectivity index (χ4n) is 1.95. The second kappa shape index (κ2) is 7.87. The summed E-state index contributed by atoms with van der Waals surface area (Å²) in [6, 6.07) is 0. The van der Waals surface area contributed by atoms with Crippen molar-refractivity contribution in [1.82, 2.24) is 4.90 Å². The summed E-state index contributed by atoms with van der Waals surface area (Å²) >= 11 is 0. The zero-order chi connectivity index (χ0) is 13.4. The van der Waals surface area contributed by atoms with Crippen LogP contribution in [0, 0.1) is 5.92 Å². The Morgan fingerprint density at radius 1 is 1.44 bits per heavy atom. The third kappa shape index (κ3) is 4.49. The average molecular weight is 255 g/mol. The first-order valence-electron chi connectivity index (χ1n) is 6.32. The van der Waals surface area contributed by atoms with Gasteiger partial charge in [-0.3, -0.25) is 9.59 Å². The standard InChI is InChI=1S/C13H21NO4/c1-3-7-14(10-12(15)18-4-2)13(16)11-5-8-17-9-6-11/h3,11H,1,4-10H2,2H3. The number of rotatable bonds is 6. The highest BCUT2D eigenvalue weighted by atomic mass is 16.5. The van der Waals surface area contributed by atoms with Crippen molar-refractivity contribution in [3.05, 3.63) is 12.7 Å². The molecule has 0 bridgehead atoms. The third-order valence-electron chi connectivity index (χ3n) is 2.86. The number of nitrogens with zero attached hydrogens (tertiary/aromatic N) is 1. The molecule has 1 rings (SSSR count). The van der Waals surface area contributed by atoms with Crippen LogP contribution in [0.2, 0.25) is 0 Å². The first-order valence-corrected chi connectivity index (χ1v) is 6.32. The van der Waals surface area contributed by atoms with E-state index in [-0.39, 0.29) is 24.3 Å². The van der Waals surface area contributed by atoms with Crippen molar-refractivity contribution < 1.29 is 19.1 Å². The van der Waals surface area contributed by atoms with Gasteiger partial charge in [-0.15, -0.1) is 6.58 Å². The molecule has 5 heteroatoms. The summed E-state index contributed by atoms with van der Waals surface area (Å²) in [7, 11) is 0. The minimum absolute atomic E-state index is 0.00392. The van der Waals surface area contributed by atoms with Crippen molar-refractivity contribution >= 4 is 11.9 Å². The van der Waals surface area contributed by atoms with Crippen LogP contribution in [-0.4, -0.2) is 49.7 Å². The topological polar surface area (TPSA) is 55.8 Å². The highest BCUT2D eigenvalue weighted by Gasteiger charge is 2.27. The molecule has 0 saturated carbocycles. The summed E-state index contributed by atoms with van der Waals surface area (Å²) in [4.78, 5) is 25.2. The van der Waals surface area contributed by atoms with Gasteiger partial charge < -0.3 is 14.4 Å². The van der Waals surface area contributed by atoms with Gasteiger partial charge in [0.05, 0.1) is 6.61 Å². The van der Waals surface area contributed by atoms with Gasteiger partial charge in [-0.2, -0.15) is 0 Å². The predicted octanol–water partition coefficient (Wildman–Crippen LogP) is 0.991. The lowest BCUT2D eigenvalue weighted by atomic mass is 9.98. The molecule has 0 aromatic rings. The zero-order valence-corrected chi connectivity index (χ0v) is 10.9. The van der Waals surface area contributed by atoms with Crippen LogP contribution in [0.15, 0.2) is 12.7 Å². The zero-order valence-electron chi connectivity index (χ0n) is 10.9. The Balaban J connectivity index is 2.55. The van der Waals surface area contributed by atoms with Crippen LogP contribution in [0.4, 0.5) is 0 Å². The summed E-state index contributed by atoms with van der Waals surface area (Å²) in [6.45, 7) is 7.27. The van der Waals surface area contributed by atoms with E-state index < -0.39 is 0 Å². The molecule has 1 heterocycles. The number of hydrogen-bond donors (Lipinski definition) is 0. The maximum Gasteiger partial charge on any atom is 0.325 e. The highest BCUT2D eigenvalue weighted by molar-refractivity contribution is 5.83. The Hall–Kier alpha value is -1.36. The Morgan fingerprint density at radius 3 is 2.67 bits per heavy atom. The molecule has 18 heavy (non-hydrogen) atoms. The van der Waals surface area contributed by atoms with E-state index in [1.54, 1.807) is 13.0 Å². The first-order chi connectivity index (χ1) is 8.69. The molecule has 0 unspecified atom stereocenters. The van der Waals surface area contributed by atoms with Crippen molar-refractivity contribution in [2.75, 3.05) is 32.9 Å². The molecule has 1 aliphatic heterocycles. The van der Waals surface area contributed by atoms with Gasteiger partial charge in [-0.05, 0) is 19.8 Å². The lowest BCUT2D eigenvalue weighted by Gasteiger charge is -2.27. The summed E-state index contributed by atoms with van der Waals surface area (Å²) in [6.07, 6.45) is 3.06. The van der Waals surface area contributed by atoms with Crippen molar-refractivity contribution in [3.8, 4) is 0 Å². The van der Waals surface area contributed by atoms with Gasteiger partial charge in [0.1, 0.15) is 6.54 Å². The summed E-state index contributed by atoms with van der Waals surface area (Å²) in [5, 5.41) is 0. The Morgan fingerprint density at radius 2 is 2.11 bits per heavy atom. The van der Waals surface area contributed by atoms with E-state index in [1.807, 2.05) is 0 Å². The fourth-order valence-corrected chi connectivity index (χ4v) is 1.95. The second-order valence-corrected chi connectivity index (χ2v) is 4.20. The molecule has 0 spiro atoms. The molecule has 0 radical (unpaired) electrons. The van der Waals surface area contributed by atoms with E-state index in [0.717, 1.165) is 12.8 Å². The smallest absolute Gasteiger partial charge is 0.325 e. The van der Waals surface area contributed by atoms with E-state index in [0.29, 0.717) is 26.4 Å². The third-order valence-corrected chi connectivity index (χ3v) is 2.86. The number of hydrogen-bond acceptors (Lipinski definition) is 4. The highest BCUT2D eigenvalue weighted by Crippen LogP contribution is 2.17. The van der Waals surface area contributed by atoms with E-state index in [4.69, 9.17) is 9.47 Å². The van der Waals surface area contributed by atoms with Crippen LogP contribution in [0.3, 0.4) is 0 Å². The first kappa shape index (κ1) is 14.7. The van der Waals surface area contributed by atoms with E-state index in [1.165, 1.54) is 4.90 Å². The molecule has 1 amide bonds. The molecule has 5 nitrogen and oxygen atoms in total. The molecule has 0 N–H and O–H groups in total. The SMILES string of the molecule is C=CCN(CC(=O)OCC)C(=O)C1CCOCC1. The molecule has 0 atom stereocenters. The Kier molecular flexibility index (Phi) is 6.43. The van der Waals surface area contributed by atoms with Crippen LogP contribution in [0.25, 0.3) is 0 Å². The van der Waals surface area contributed by atoms with Crippen molar-refractivity contribution in [3.63, 3.8) is 0 Å². The number of ether oxygens (including phenoxy) is 2. The van der Waals surface area contributed by atoms with Crippen LogP contribution in [-0.2, 0) is 19.1 Å². The largest absolute Gasteiger partial charge is 0.465 e. The Labute approximate surface area is 108 Å². The predicted molar refractivity (Wildman–Crippen MR) is 67.0 cm³/mol. The quantitative estimate of drug-likeness (QED) is 0.524. The molecular formula is C13H21NO4. The number of amides is 1. The fraction of sp³-hybridized carbons (Fsp3) is 0.692. The van der Waals surface area contributed by atoms with Gasteiger partial charge in [0.25, 0.3) is 0 Å². The summed E-state index contributed by atoms with van der Waals surface area (Å²) in [5.41, 5.74) is 0. The van der Waals surface area contributed by atoms with Gasteiger partial charge >= 0.3 is 5.97 Å². The molecule has 0 aliphatic carbocycles. The van der Waals surface area contributed by atoms with E-state index >= 15 is 0 Å². The molecule has 1 fully saturated rings. The number of esters is 1. The van der Waals surface area contributed by atoms with E-state index in [9.17, 15) is 9.59 Å². The minimum Gasteiger partial charge on any atom is -0.465 e. The van der Waals surface area contributed by atoms with Gasteiger partial charge in [0.15, 0.2) is 0 Å². The van der Waals surface area contributed by atoms with Crippen LogP contribution in [0.1, 0.15) is 19.8 Å². The number of carbonyl (C=O) groups excluding carboxylic acids is 2. The van der Waals surface area contributed by atoms with E-state index in [2.05, 4.69) is 6.58 Å². The molecule has 102 valence electrons. The molecule has 1 aliphatic rings.